The van der Waals surface area contributed by atoms with E-state index in [1.54, 1.807) is 12.1 Å². The second kappa shape index (κ2) is 6.12. The Hall–Kier alpha value is -1.55. The zero-order valence-electron chi connectivity index (χ0n) is 9.48. The van der Waals surface area contributed by atoms with E-state index >= 15 is 0 Å². The first-order valence-electron chi connectivity index (χ1n) is 5.41. The first kappa shape index (κ1) is 12.5. The van der Waals surface area contributed by atoms with Crippen LogP contribution in [0.1, 0.15) is 25.3 Å². The Balaban J connectivity index is 2.42. The largest absolute Gasteiger partial charge is 0.446 e. The highest BCUT2D eigenvalue weighted by Gasteiger charge is 2.09. The molecule has 0 bridgehead atoms. The van der Waals surface area contributed by atoms with E-state index in [1.807, 2.05) is 19.1 Å². The quantitative estimate of drug-likeness (QED) is 0.449. The molecule has 0 spiro atoms. The molecular formula is C12H18N2O2. The van der Waals surface area contributed by atoms with Crippen LogP contribution in [0.15, 0.2) is 24.3 Å². The first-order chi connectivity index (χ1) is 7.61. The fraction of sp³-hybridized carbons (Fsp3) is 0.417. The predicted octanol–water partition coefficient (Wildman–Crippen LogP) is 1.44. The Labute approximate surface area is 95.6 Å². The van der Waals surface area contributed by atoms with Gasteiger partial charge in [-0.25, -0.2) is 0 Å². The van der Waals surface area contributed by atoms with E-state index in [0.29, 0.717) is 18.5 Å². The Kier molecular flexibility index (Phi) is 4.79. The number of esters is 1. The van der Waals surface area contributed by atoms with Crippen molar-refractivity contribution in [1.29, 1.82) is 0 Å². The number of carbonyl (C=O) groups excluding carboxylic acids is 1. The maximum absolute atomic E-state index is 11.2. The van der Waals surface area contributed by atoms with Crippen LogP contribution in [0.5, 0.6) is 0 Å². The normalized spacial score (nSPS) is 12.1. The van der Waals surface area contributed by atoms with Crippen molar-refractivity contribution in [3.8, 4) is 0 Å². The van der Waals surface area contributed by atoms with E-state index in [4.69, 9.17) is 16.2 Å². The Morgan fingerprint density at radius 3 is 2.56 bits per heavy atom. The van der Waals surface area contributed by atoms with Crippen LogP contribution in [0.2, 0.25) is 0 Å². The lowest BCUT2D eigenvalue weighted by molar-refractivity contribution is -0.148. The van der Waals surface area contributed by atoms with Crippen LogP contribution in [0.25, 0.3) is 0 Å². The molecule has 1 unspecified atom stereocenters. The van der Waals surface area contributed by atoms with Gasteiger partial charge in [-0.15, -0.1) is 0 Å². The van der Waals surface area contributed by atoms with E-state index in [-0.39, 0.29) is 5.97 Å². The minimum absolute atomic E-state index is 0.245. The van der Waals surface area contributed by atoms with Gasteiger partial charge in [-0.2, -0.15) is 0 Å². The second-order valence-electron chi connectivity index (χ2n) is 3.72. The van der Waals surface area contributed by atoms with Crippen molar-refractivity contribution in [2.75, 3.05) is 5.73 Å². The molecule has 0 fully saturated rings. The van der Waals surface area contributed by atoms with E-state index < -0.39 is 6.23 Å². The lowest BCUT2D eigenvalue weighted by Gasteiger charge is -2.12. The summed E-state index contributed by atoms with van der Waals surface area (Å²) in [5.74, 6) is -0.245. The lowest BCUT2D eigenvalue weighted by atomic mass is 10.1. The molecule has 0 aliphatic rings. The summed E-state index contributed by atoms with van der Waals surface area (Å²) in [6.07, 6.45) is 1.11. The van der Waals surface area contributed by atoms with Gasteiger partial charge in [0.25, 0.3) is 0 Å². The minimum Gasteiger partial charge on any atom is -0.446 e. The van der Waals surface area contributed by atoms with Gasteiger partial charge in [-0.3, -0.25) is 10.5 Å². The molecule has 0 saturated heterocycles. The smallest absolute Gasteiger partial charge is 0.307 e. The Morgan fingerprint density at radius 1 is 1.38 bits per heavy atom. The molecule has 4 heteroatoms. The molecule has 1 rings (SSSR count). The fourth-order valence-electron chi connectivity index (χ4n) is 1.36. The van der Waals surface area contributed by atoms with Gasteiger partial charge >= 0.3 is 5.97 Å². The van der Waals surface area contributed by atoms with Gasteiger partial charge in [0.05, 0.1) is 0 Å². The first-order valence-corrected chi connectivity index (χ1v) is 5.41. The number of benzene rings is 1. The molecule has 0 aliphatic carbocycles. The highest BCUT2D eigenvalue weighted by Crippen LogP contribution is 2.08. The van der Waals surface area contributed by atoms with E-state index in [9.17, 15) is 4.79 Å². The van der Waals surface area contributed by atoms with Crippen LogP contribution in [0.3, 0.4) is 0 Å². The topological polar surface area (TPSA) is 78.3 Å². The van der Waals surface area contributed by atoms with E-state index in [1.165, 1.54) is 0 Å². The maximum atomic E-state index is 11.2. The number of carbonyl (C=O) groups is 1. The number of anilines is 1. The number of nitrogen functional groups attached to an aromatic ring is 1. The summed E-state index contributed by atoms with van der Waals surface area (Å²) in [5, 5.41) is 0. The third-order valence-corrected chi connectivity index (χ3v) is 2.15. The molecular weight excluding hydrogens is 204 g/mol. The summed E-state index contributed by atoms with van der Waals surface area (Å²) in [6, 6.07) is 7.36. The molecule has 1 aromatic rings. The Morgan fingerprint density at radius 2 is 2.00 bits per heavy atom. The lowest BCUT2D eigenvalue weighted by Crippen LogP contribution is -2.29. The molecule has 1 atom stereocenters. The molecule has 0 amide bonds. The third-order valence-electron chi connectivity index (χ3n) is 2.15. The monoisotopic (exact) mass is 222 g/mol. The Bertz CT molecular complexity index is 335. The molecule has 0 saturated carbocycles. The van der Waals surface area contributed by atoms with Crippen LogP contribution in [0.4, 0.5) is 5.69 Å². The minimum atomic E-state index is -0.581. The van der Waals surface area contributed by atoms with E-state index in [2.05, 4.69) is 0 Å². The van der Waals surface area contributed by atoms with Gasteiger partial charge in [0.15, 0.2) is 6.23 Å². The molecule has 88 valence electrons. The zero-order chi connectivity index (χ0) is 12.0. The van der Waals surface area contributed by atoms with Gasteiger partial charge in [0, 0.05) is 18.5 Å². The van der Waals surface area contributed by atoms with Crippen molar-refractivity contribution in [1.82, 2.24) is 0 Å². The highest BCUT2D eigenvalue weighted by molar-refractivity contribution is 5.69. The van der Waals surface area contributed by atoms with Gasteiger partial charge in [0.1, 0.15) is 0 Å². The van der Waals surface area contributed by atoms with Crippen molar-refractivity contribution < 1.29 is 9.53 Å². The van der Waals surface area contributed by atoms with Gasteiger partial charge in [-0.1, -0.05) is 19.1 Å². The summed E-state index contributed by atoms with van der Waals surface area (Å²) in [7, 11) is 0. The van der Waals surface area contributed by atoms with Gasteiger partial charge < -0.3 is 10.5 Å². The average Bonchev–Trinajstić information content (AvgIpc) is 2.21. The SMILES string of the molecule is CCCC(=O)OC(N)Cc1ccc(N)cc1. The number of hydrogen-bond acceptors (Lipinski definition) is 4. The summed E-state index contributed by atoms with van der Waals surface area (Å²) >= 11 is 0. The fourth-order valence-corrected chi connectivity index (χ4v) is 1.36. The molecule has 16 heavy (non-hydrogen) atoms. The molecule has 4 N–H and O–H groups in total. The van der Waals surface area contributed by atoms with Crippen LogP contribution in [-0.4, -0.2) is 12.2 Å². The number of rotatable bonds is 5. The predicted molar refractivity (Wildman–Crippen MR) is 63.5 cm³/mol. The summed E-state index contributed by atoms with van der Waals surface area (Å²) in [6.45, 7) is 1.92. The molecule has 0 radical (unpaired) electrons. The second-order valence-corrected chi connectivity index (χ2v) is 3.72. The average molecular weight is 222 g/mol. The summed E-state index contributed by atoms with van der Waals surface area (Å²) in [4.78, 5) is 11.2. The van der Waals surface area contributed by atoms with Crippen molar-refractivity contribution >= 4 is 11.7 Å². The van der Waals surface area contributed by atoms with Crippen LogP contribution in [0, 0.1) is 0 Å². The summed E-state index contributed by atoms with van der Waals surface area (Å²) < 4.78 is 5.03. The number of ether oxygens (including phenoxy) is 1. The molecule has 0 heterocycles. The number of nitrogens with two attached hydrogens (primary N) is 2. The van der Waals surface area contributed by atoms with Crippen LogP contribution < -0.4 is 11.5 Å². The van der Waals surface area contributed by atoms with Crippen LogP contribution >= 0.6 is 0 Å². The van der Waals surface area contributed by atoms with Gasteiger partial charge in [-0.05, 0) is 24.1 Å². The van der Waals surface area contributed by atoms with Crippen molar-refractivity contribution in [3.05, 3.63) is 29.8 Å². The van der Waals surface area contributed by atoms with Gasteiger partial charge in [0.2, 0.25) is 0 Å². The molecule has 0 aromatic heterocycles. The zero-order valence-corrected chi connectivity index (χ0v) is 9.48. The molecule has 4 nitrogen and oxygen atoms in total. The standard InChI is InChI=1S/C12H18N2O2/c1-2-3-12(15)16-11(14)8-9-4-6-10(13)7-5-9/h4-7,11H,2-3,8,13-14H2,1H3. The maximum Gasteiger partial charge on any atom is 0.307 e. The van der Waals surface area contributed by atoms with Crippen molar-refractivity contribution in [3.63, 3.8) is 0 Å². The third kappa shape index (κ3) is 4.31. The van der Waals surface area contributed by atoms with Crippen molar-refractivity contribution in [2.24, 2.45) is 5.73 Å². The molecule has 0 aliphatic heterocycles. The van der Waals surface area contributed by atoms with Crippen molar-refractivity contribution in [2.45, 2.75) is 32.4 Å². The number of hydrogen-bond donors (Lipinski definition) is 2. The highest BCUT2D eigenvalue weighted by atomic mass is 16.6. The van der Waals surface area contributed by atoms with E-state index in [0.717, 1.165) is 12.0 Å². The molecule has 1 aromatic carbocycles. The van der Waals surface area contributed by atoms with Crippen LogP contribution in [-0.2, 0) is 16.0 Å². The summed E-state index contributed by atoms with van der Waals surface area (Å²) in [5.41, 5.74) is 13.0.